The van der Waals surface area contributed by atoms with Crippen molar-refractivity contribution in [3.05, 3.63) is 22.4 Å². The quantitative estimate of drug-likeness (QED) is 0.891. The van der Waals surface area contributed by atoms with Gasteiger partial charge in [-0.15, -0.1) is 11.3 Å². The van der Waals surface area contributed by atoms with Crippen molar-refractivity contribution in [2.75, 3.05) is 0 Å². The van der Waals surface area contributed by atoms with Crippen molar-refractivity contribution in [3.63, 3.8) is 0 Å². The standard InChI is InChI=1S/C14H19NO3S/c1-8-6-10(11(7-8)14(17)18)13(16)15-9(2)12-4-3-5-19-12/h3-5,8-11H,6-7H2,1-2H3,(H,15,16)(H,17,18). The Kier molecular flexibility index (Phi) is 4.24. The molecule has 4 atom stereocenters. The number of carbonyl (C=O) groups is 2. The van der Waals surface area contributed by atoms with Crippen LogP contribution in [0.5, 0.6) is 0 Å². The van der Waals surface area contributed by atoms with Gasteiger partial charge >= 0.3 is 5.97 Å². The molecule has 4 unspecified atom stereocenters. The lowest BCUT2D eigenvalue weighted by Gasteiger charge is -2.19. The van der Waals surface area contributed by atoms with Crippen LogP contribution in [0.1, 0.15) is 37.6 Å². The van der Waals surface area contributed by atoms with Crippen LogP contribution in [0.3, 0.4) is 0 Å². The van der Waals surface area contributed by atoms with Gasteiger partial charge in [-0.25, -0.2) is 0 Å². The highest BCUT2D eigenvalue weighted by Gasteiger charge is 2.41. The highest BCUT2D eigenvalue weighted by molar-refractivity contribution is 7.10. The summed E-state index contributed by atoms with van der Waals surface area (Å²) in [6, 6.07) is 3.86. The van der Waals surface area contributed by atoms with Crippen LogP contribution < -0.4 is 5.32 Å². The average Bonchev–Trinajstić information content (AvgIpc) is 2.96. The van der Waals surface area contributed by atoms with Gasteiger partial charge in [-0.1, -0.05) is 13.0 Å². The van der Waals surface area contributed by atoms with Gasteiger partial charge in [0.05, 0.1) is 17.9 Å². The summed E-state index contributed by atoms with van der Waals surface area (Å²) in [5.74, 6) is -1.61. The Morgan fingerprint density at radius 1 is 1.42 bits per heavy atom. The molecule has 104 valence electrons. The number of amides is 1. The minimum Gasteiger partial charge on any atom is -0.481 e. The summed E-state index contributed by atoms with van der Waals surface area (Å²) in [5.41, 5.74) is 0. The first-order chi connectivity index (χ1) is 8.99. The zero-order valence-electron chi connectivity index (χ0n) is 11.1. The van der Waals surface area contributed by atoms with Crippen molar-refractivity contribution in [2.45, 2.75) is 32.7 Å². The predicted molar refractivity (Wildman–Crippen MR) is 73.9 cm³/mol. The first-order valence-electron chi connectivity index (χ1n) is 6.55. The van der Waals surface area contributed by atoms with Crippen molar-refractivity contribution in [1.82, 2.24) is 5.32 Å². The molecule has 5 heteroatoms. The Bertz CT molecular complexity index is 457. The molecule has 1 aliphatic rings. The van der Waals surface area contributed by atoms with E-state index in [2.05, 4.69) is 5.32 Å². The van der Waals surface area contributed by atoms with E-state index in [1.165, 1.54) is 0 Å². The minimum atomic E-state index is -0.853. The average molecular weight is 281 g/mol. The topological polar surface area (TPSA) is 66.4 Å². The summed E-state index contributed by atoms with van der Waals surface area (Å²) >= 11 is 1.59. The molecule has 0 aromatic carbocycles. The van der Waals surface area contributed by atoms with E-state index in [0.29, 0.717) is 18.8 Å². The molecule has 1 aliphatic carbocycles. The molecule has 19 heavy (non-hydrogen) atoms. The van der Waals surface area contributed by atoms with Crippen LogP contribution in [0, 0.1) is 17.8 Å². The molecule has 1 aromatic heterocycles. The lowest BCUT2D eigenvalue weighted by atomic mass is 9.95. The number of carboxylic acid groups (broad SMARTS) is 1. The van der Waals surface area contributed by atoms with Crippen LogP contribution in [0.2, 0.25) is 0 Å². The van der Waals surface area contributed by atoms with Crippen LogP contribution in [0.4, 0.5) is 0 Å². The van der Waals surface area contributed by atoms with E-state index < -0.39 is 17.8 Å². The SMILES string of the molecule is CC1CC(C(=O)O)C(C(=O)NC(C)c2cccs2)C1. The zero-order chi connectivity index (χ0) is 14.0. The number of carbonyl (C=O) groups excluding carboxylic acids is 1. The van der Waals surface area contributed by atoms with E-state index in [4.69, 9.17) is 0 Å². The summed E-state index contributed by atoms with van der Waals surface area (Å²) in [6.45, 7) is 3.93. The Morgan fingerprint density at radius 3 is 2.68 bits per heavy atom. The van der Waals surface area contributed by atoms with E-state index in [0.717, 1.165) is 4.88 Å². The molecule has 0 bridgehead atoms. The Labute approximate surface area is 116 Å². The number of hydrogen-bond donors (Lipinski definition) is 2. The Hall–Kier alpha value is -1.36. The maximum Gasteiger partial charge on any atom is 0.307 e. The van der Waals surface area contributed by atoms with Gasteiger partial charge in [0.25, 0.3) is 0 Å². The summed E-state index contributed by atoms with van der Waals surface area (Å²) in [7, 11) is 0. The fourth-order valence-electron chi connectivity index (χ4n) is 2.78. The molecule has 1 aromatic rings. The van der Waals surface area contributed by atoms with E-state index >= 15 is 0 Å². The first-order valence-corrected chi connectivity index (χ1v) is 7.43. The Morgan fingerprint density at radius 2 is 2.11 bits per heavy atom. The lowest BCUT2D eigenvalue weighted by Crippen LogP contribution is -2.36. The molecule has 1 amide bonds. The molecular weight excluding hydrogens is 262 g/mol. The maximum absolute atomic E-state index is 12.2. The van der Waals surface area contributed by atoms with Gasteiger partial charge in [-0.05, 0) is 37.1 Å². The van der Waals surface area contributed by atoms with E-state index in [-0.39, 0.29) is 11.9 Å². The number of hydrogen-bond acceptors (Lipinski definition) is 3. The number of rotatable bonds is 4. The molecule has 0 aliphatic heterocycles. The van der Waals surface area contributed by atoms with Crippen LogP contribution in [0.25, 0.3) is 0 Å². The second kappa shape index (κ2) is 5.74. The zero-order valence-corrected chi connectivity index (χ0v) is 11.9. The van der Waals surface area contributed by atoms with Gasteiger partial charge in [-0.2, -0.15) is 0 Å². The number of nitrogens with one attached hydrogen (secondary N) is 1. The molecule has 1 saturated carbocycles. The van der Waals surface area contributed by atoms with Gasteiger partial charge in [-0.3, -0.25) is 9.59 Å². The summed E-state index contributed by atoms with van der Waals surface area (Å²) < 4.78 is 0. The van der Waals surface area contributed by atoms with Gasteiger partial charge in [0.2, 0.25) is 5.91 Å². The molecule has 2 N–H and O–H groups in total. The fraction of sp³-hybridized carbons (Fsp3) is 0.571. The normalized spacial score (nSPS) is 28.0. The third-order valence-corrected chi connectivity index (χ3v) is 4.84. The minimum absolute atomic E-state index is 0.0575. The van der Waals surface area contributed by atoms with Crippen LogP contribution in [-0.4, -0.2) is 17.0 Å². The highest BCUT2D eigenvalue weighted by atomic mass is 32.1. The van der Waals surface area contributed by atoms with E-state index in [9.17, 15) is 14.7 Å². The summed E-state index contributed by atoms with van der Waals surface area (Å²) in [4.78, 5) is 24.5. The largest absolute Gasteiger partial charge is 0.481 e. The third kappa shape index (κ3) is 3.15. The fourth-order valence-corrected chi connectivity index (χ4v) is 3.52. The van der Waals surface area contributed by atoms with Crippen LogP contribution in [0.15, 0.2) is 17.5 Å². The van der Waals surface area contributed by atoms with Crippen molar-refractivity contribution in [1.29, 1.82) is 0 Å². The van der Waals surface area contributed by atoms with Crippen molar-refractivity contribution in [2.24, 2.45) is 17.8 Å². The molecule has 1 fully saturated rings. The second-order valence-corrected chi connectivity index (χ2v) is 6.35. The van der Waals surface area contributed by atoms with Gasteiger partial charge in [0, 0.05) is 4.88 Å². The lowest BCUT2D eigenvalue weighted by molar-refractivity contribution is -0.146. The van der Waals surface area contributed by atoms with Gasteiger partial charge in [0.1, 0.15) is 0 Å². The van der Waals surface area contributed by atoms with Crippen molar-refractivity contribution < 1.29 is 14.7 Å². The number of aliphatic carboxylic acids is 1. The van der Waals surface area contributed by atoms with Gasteiger partial charge in [0.15, 0.2) is 0 Å². The maximum atomic E-state index is 12.2. The molecule has 0 saturated heterocycles. The smallest absolute Gasteiger partial charge is 0.307 e. The molecule has 2 rings (SSSR count). The molecular formula is C14H19NO3S. The first kappa shape index (κ1) is 14.1. The summed E-state index contributed by atoms with van der Waals surface area (Å²) in [6.07, 6.45) is 1.26. The number of thiophene rings is 1. The number of carboxylic acids is 1. The monoisotopic (exact) mass is 281 g/mol. The second-order valence-electron chi connectivity index (χ2n) is 5.37. The molecule has 0 radical (unpaired) electrons. The van der Waals surface area contributed by atoms with E-state index in [1.807, 2.05) is 31.4 Å². The van der Waals surface area contributed by atoms with Gasteiger partial charge < -0.3 is 10.4 Å². The van der Waals surface area contributed by atoms with Crippen LogP contribution >= 0.6 is 11.3 Å². The Balaban J connectivity index is 2.01. The predicted octanol–water partition coefficient (Wildman–Crippen LogP) is 2.67. The van der Waals surface area contributed by atoms with Crippen LogP contribution in [-0.2, 0) is 9.59 Å². The highest BCUT2D eigenvalue weighted by Crippen LogP contribution is 2.37. The molecule has 0 spiro atoms. The molecule has 4 nitrogen and oxygen atoms in total. The third-order valence-electron chi connectivity index (χ3n) is 3.78. The molecule has 1 heterocycles. The van der Waals surface area contributed by atoms with Crippen molar-refractivity contribution in [3.8, 4) is 0 Å². The summed E-state index contributed by atoms with van der Waals surface area (Å²) in [5, 5.41) is 14.1. The van der Waals surface area contributed by atoms with E-state index in [1.54, 1.807) is 11.3 Å². The van der Waals surface area contributed by atoms with Crippen molar-refractivity contribution >= 4 is 23.2 Å².